The maximum absolute atomic E-state index is 9.83. The fourth-order valence-electron chi connectivity index (χ4n) is 3.31. The van der Waals surface area contributed by atoms with E-state index in [9.17, 15) is 10.2 Å². The Hall–Kier alpha value is -0.0800. The first kappa shape index (κ1) is 8.52. The molecular weight excluding hydrogens is 152 g/mol. The third kappa shape index (κ3) is 0.686. The van der Waals surface area contributed by atoms with Gasteiger partial charge >= 0.3 is 0 Å². The molecule has 0 aromatic carbocycles. The monoisotopic (exact) mass is 170 g/mol. The highest BCUT2D eigenvalue weighted by molar-refractivity contribution is 5.12. The van der Waals surface area contributed by atoms with Crippen molar-refractivity contribution in [1.82, 2.24) is 0 Å². The summed E-state index contributed by atoms with van der Waals surface area (Å²) in [5, 5.41) is 19.2. The van der Waals surface area contributed by atoms with Gasteiger partial charge in [-0.25, -0.2) is 0 Å². The first-order valence-corrected chi connectivity index (χ1v) is 4.83. The third-order valence-corrected chi connectivity index (χ3v) is 4.79. The molecule has 2 rings (SSSR count). The van der Waals surface area contributed by atoms with E-state index >= 15 is 0 Å². The molecule has 12 heavy (non-hydrogen) atoms. The summed E-state index contributed by atoms with van der Waals surface area (Å²) in [5.74, 6) is 0.544. The summed E-state index contributed by atoms with van der Waals surface area (Å²) in [4.78, 5) is 0. The van der Waals surface area contributed by atoms with Gasteiger partial charge in [0.2, 0.25) is 0 Å². The van der Waals surface area contributed by atoms with Crippen LogP contribution in [0.1, 0.15) is 33.1 Å². The number of aliphatic hydroxyl groups is 2. The van der Waals surface area contributed by atoms with Crippen LogP contribution < -0.4 is 0 Å². The van der Waals surface area contributed by atoms with Crippen LogP contribution in [0.2, 0.25) is 0 Å². The van der Waals surface area contributed by atoms with Gasteiger partial charge in [-0.1, -0.05) is 13.8 Å². The molecule has 2 bridgehead atoms. The van der Waals surface area contributed by atoms with Gasteiger partial charge in [0.25, 0.3) is 0 Å². The van der Waals surface area contributed by atoms with Gasteiger partial charge in [0, 0.05) is 17.4 Å². The van der Waals surface area contributed by atoms with Gasteiger partial charge in [-0.3, -0.25) is 0 Å². The van der Waals surface area contributed by atoms with E-state index in [1.807, 2.05) is 0 Å². The molecule has 2 aliphatic carbocycles. The van der Waals surface area contributed by atoms with E-state index in [0.717, 1.165) is 12.8 Å². The first-order valence-electron chi connectivity index (χ1n) is 4.83. The van der Waals surface area contributed by atoms with E-state index < -0.39 is 0 Å². The molecule has 2 nitrogen and oxygen atoms in total. The second kappa shape index (κ2) is 2.24. The summed E-state index contributed by atoms with van der Waals surface area (Å²) >= 11 is 0. The van der Waals surface area contributed by atoms with Gasteiger partial charge in [-0.05, 0) is 25.2 Å². The number of hydrogen-bond acceptors (Lipinski definition) is 2. The molecule has 70 valence electrons. The average molecular weight is 170 g/mol. The molecule has 0 aromatic rings. The second-order valence-corrected chi connectivity index (χ2v) is 4.98. The summed E-state index contributed by atoms with van der Waals surface area (Å²) in [6.07, 6.45) is 2.97. The van der Waals surface area contributed by atoms with Gasteiger partial charge in [0.05, 0.1) is 6.10 Å². The minimum absolute atomic E-state index is 0.0214. The zero-order valence-corrected chi connectivity index (χ0v) is 7.88. The van der Waals surface area contributed by atoms with Gasteiger partial charge in [-0.2, -0.15) is 0 Å². The van der Waals surface area contributed by atoms with Crippen molar-refractivity contribution in [3.8, 4) is 0 Å². The number of rotatable bonds is 1. The Kier molecular flexibility index (Phi) is 1.59. The molecule has 2 fully saturated rings. The normalized spacial score (nSPS) is 58.0. The van der Waals surface area contributed by atoms with E-state index in [1.165, 1.54) is 6.42 Å². The Morgan fingerprint density at radius 3 is 2.33 bits per heavy atom. The van der Waals surface area contributed by atoms with Crippen molar-refractivity contribution in [2.45, 2.75) is 39.2 Å². The van der Waals surface area contributed by atoms with Crippen LogP contribution in [0, 0.1) is 16.7 Å². The van der Waals surface area contributed by atoms with Crippen LogP contribution in [0.25, 0.3) is 0 Å². The van der Waals surface area contributed by atoms with Gasteiger partial charge in [0.1, 0.15) is 0 Å². The predicted octanol–water partition coefficient (Wildman–Crippen LogP) is 1.17. The van der Waals surface area contributed by atoms with Crippen molar-refractivity contribution in [3.05, 3.63) is 0 Å². The van der Waals surface area contributed by atoms with Crippen LogP contribution >= 0.6 is 0 Å². The van der Waals surface area contributed by atoms with Crippen LogP contribution in [-0.2, 0) is 0 Å². The average Bonchev–Trinajstić information content (AvgIpc) is 2.39. The lowest BCUT2D eigenvalue weighted by Crippen LogP contribution is -2.39. The summed E-state index contributed by atoms with van der Waals surface area (Å²) in [7, 11) is 0. The molecule has 0 unspecified atom stereocenters. The van der Waals surface area contributed by atoms with E-state index in [-0.39, 0.29) is 23.5 Å². The Morgan fingerprint density at radius 2 is 2.08 bits per heavy atom. The van der Waals surface area contributed by atoms with Crippen molar-refractivity contribution in [2.24, 2.45) is 16.7 Å². The zero-order valence-electron chi connectivity index (χ0n) is 7.88. The highest BCUT2D eigenvalue weighted by atomic mass is 16.3. The van der Waals surface area contributed by atoms with Crippen LogP contribution in [0.5, 0.6) is 0 Å². The molecule has 2 heteroatoms. The largest absolute Gasteiger partial charge is 0.396 e. The molecule has 2 aliphatic rings. The van der Waals surface area contributed by atoms with Crippen LogP contribution in [0.15, 0.2) is 0 Å². The Bertz CT molecular complexity index is 202. The van der Waals surface area contributed by atoms with Gasteiger partial charge < -0.3 is 10.2 Å². The molecular formula is C10H18O2. The molecule has 0 saturated heterocycles. The molecule has 2 N–H and O–H groups in total. The quantitative estimate of drug-likeness (QED) is 0.620. The molecule has 0 amide bonds. The predicted molar refractivity (Wildman–Crippen MR) is 46.6 cm³/mol. The van der Waals surface area contributed by atoms with Crippen molar-refractivity contribution < 1.29 is 10.2 Å². The Morgan fingerprint density at radius 1 is 1.42 bits per heavy atom. The molecule has 0 spiro atoms. The molecule has 0 aromatic heterocycles. The SMILES string of the molecule is C[C@@]1(CO)[C@H]2CC[C@]1(C)[C@@H](O)C2. The summed E-state index contributed by atoms with van der Waals surface area (Å²) in [6.45, 7) is 4.48. The highest BCUT2D eigenvalue weighted by Crippen LogP contribution is 2.65. The van der Waals surface area contributed by atoms with Crippen LogP contribution in [-0.4, -0.2) is 22.9 Å². The van der Waals surface area contributed by atoms with Crippen molar-refractivity contribution in [3.63, 3.8) is 0 Å². The van der Waals surface area contributed by atoms with Crippen LogP contribution in [0.4, 0.5) is 0 Å². The minimum atomic E-state index is -0.187. The molecule has 4 atom stereocenters. The molecule has 0 aliphatic heterocycles. The second-order valence-electron chi connectivity index (χ2n) is 4.98. The summed E-state index contributed by atoms with van der Waals surface area (Å²) < 4.78 is 0. The lowest BCUT2D eigenvalue weighted by atomic mass is 9.69. The fraction of sp³-hybridized carbons (Fsp3) is 1.00. The fourth-order valence-corrected chi connectivity index (χ4v) is 3.31. The lowest BCUT2D eigenvalue weighted by molar-refractivity contribution is -0.0213. The van der Waals surface area contributed by atoms with E-state index in [0.29, 0.717) is 5.92 Å². The Labute approximate surface area is 73.6 Å². The number of hydrogen-bond donors (Lipinski definition) is 2. The van der Waals surface area contributed by atoms with Crippen molar-refractivity contribution in [1.29, 1.82) is 0 Å². The standard InChI is InChI=1S/C10H18O2/c1-9-4-3-7(5-8(9)12)10(9,2)6-11/h7-8,11-12H,3-6H2,1-2H3/t7-,8-,9+,10+/m0/s1. The minimum Gasteiger partial charge on any atom is -0.396 e. The maximum Gasteiger partial charge on any atom is 0.0602 e. The topological polar surface area (TPSA) is 40.5 Å². The lowest BCUT2D eigenvalue weighted by Gasteiger charge is -2.38. The molecule has 0 heterocycles. The van der Waals surface area contributed by atoms with E-state index in [4.69, 9.17) is 0 Å². The first-order chi connectivity index (χ1) is 5.54. The van der Waals surface area contributed by atoms with E-state index in [1.54, 1.807) is 0 Å². The highest BCUT2D eigenvalue weighted by Gasteiger charge is 2.63. The smallest absolute Gasteiger partial charge is 0.0602 e. The van der Waals surface area contributed by atoms with Gasteiger partial charge in [0.15, 0.2) is 0 Å². The summed E-state index contributed by atoms with van der Waals surface area (Å²) in [5.41, 5.74) is -0.0428. The third-order valence-electron chi connectivity index (χ3n) is 4.79. The van der Waals surface area contributed by atoms with Crippen molar-refractivity contribution >= 4 is 0 Å². The van der Waals surface area contributed by atoms with Crippen molar-refractivity contribution in [2.75, 3.05) is 6.61 Å². The molecule has 2 saturated carbocycles. The Balaban J connectivity index is 2.38. The molecule has 0 radical (unpaired) electrons. The zero-order chi connectivity index (χ0) is 8.98. The number of fused-ring (bicyclic) bond motifs is 2. The summed E-state index contributed by atoms with van der Waals surface area (Å²) in [6, 6.07) is 0. The maximum atomic E-state index is 9.83. The van der Waals surface area contributed by atoms with Gasteiger partial charge in [-0.15, -0.1) is 0 Å². The van der Waals surface area contributed by atoms with Crippen LogP contribution in [0.3, 0.4) is 0 Å². The number of aliphatic hydroxyl groups excluding tert-OH is 2. The van der Waals surface area contributed by atoms with E-state index in [2.05, 4.69) is 13.8 Å².